The fourth-order valence-corrected chi connectivity index (χ4v) is 5.33. The van der Waals surface area contributed by atoms with Gasteiger partial charge in [0.15, 0.2) is 0 Å². The highest BCUT2D eigenvalue weighted by molar-refractivity contribution is 7.88. The van der Waals surface area contributed by atoms with E-state index in [0.29, 0.717) is 25.8 Å². The number of hydrogen-bond acceptors (Lipinski definition) is 4. The first-order valence-corrected chi connectivity index (χ1v) is 9.80. The van der Waals surface area contributed by atoms with Crippen LogP contribution in [0.1, 0.15) is 29.6 Å². The van der Waals surface area contributed by atoms with Crippen LogP contribution in [-0.2, 0) is 10.0 Å². The van der Waals surface area contributed by atoms with Gasteiger partial charge in [-0.15, -0.1) is 0 Å². The molecule has 2 atom stereocenters. The maximum Gasteiger partial charge on any atom is 0.256 e. The second kappa shape index (κ2) is 6.09. The van der Waals surface area contributed by atoms with Crippen molar-refractivity contribution in [2.24, 2.45) is 0 Å². The molecule has 3 rings (SSSR count). The zero-order chi connectivity index (χ0) is 17.5. The van der Waals surface area contributed by atoms with Crippen LogP contribution in [0.3, 0.4) is 0 Å². The highest BCUT2D eigenvalue weighted by Crippen LogP contribution is 2.40. The molecule has 1 spiro atoms. The summed E-state index contributed by atoms with van der Waals surface area (Å²) >= 11 is 0. The number of benzene rings is 1. The van der Waals surface area contributed by atoms with E-state index in [-0.39, 0.29) is 18.7 Å². The lowest BCUT2D eigenvalue weighted by Gasteiger charge is -2.47. The molecule has 0 unspecified atom stereocenters. The van der Waals surface area contributed by atoms with Crippen molar-refractivity contribution >= 4 is 15.9 Å². The molecule has 1 N–H and O–H groups in total. The van der Waals surface area contributed by atoms with Crippen molar-refractivity contribution in [3.05, 3.63) is 35.6 Å². The van der Waals surface area contributed by atoms with Crippen LogP contribution in [0.15, 0.2) is 24.3 Å². The minimum atomic E-state index is -3.43. The van der Waals surface area contributed by atoms with Crippen LogP contribution in [0, 0.1) is 5.82 Å². The topological polar surface area (TPSA) is 77.9 Å². The number of amides is 1. The molecular weight excluding hydrogens is 335 g/mol. The molecule has 1 amide bonds. The molecule has 6 nitrogen and oxygen atoms in total. The number of rotatable bonds is 2. The van der Waals surface area contributed by atoms with Gasteiger partial charge in [-0.1, -0.05) is 12.1 Å². The van der Waals surface area contributed by atoms with Crippen LogP contribution >= 0.6 is 0 Å². The fourth-order valence-electron chi connectivity index (χ4n) is 3.91. The number of halogens is 1. The van der Waals surface area contributed by atoms with E-state index in [1.54, 1.807) is 6.07 Å². The maximum absolute atomic E-state index is 13.8. The van der Waals surface area contributed by atoms with Gasteiger partial charge in [-0.05, 0) is 31.4 Å². The third kappa shape index (κ3) is 2.82. The molecule has 132 valence electrons. The van der Waals surface area contributed by atoms with E-state index in [1.165, 1.54) is 27.4 Å². The molecule has 1 aromatic carbocycles. The van der Waals surface area contributed by atoms with Gasteiger partial charge in [-0.25, -0.2) is 12.8 Å². The van der Waals surface area contributed by atoms with E-state index in [2.05, 4.69) is 0 Å². The monoisotopic (exact) mass is 356 g/mol. The van der Waals surface area contributed by atoms with Crippen molar-refractivity contribution in [2.75, 3.05) is 25.9 Å². The standard InChI is InChI=1S/C16H21FN2O4S/c1-24(22,23)19-9-4-7-16(19)8-10-18(11-14(16)20)15(21)12-5-2-3-6-13(12)17/h2-3,5-6,14,20H,4,7-11H2,1H3/t14-,16-/m0/s1. The van der Waals surface area contributed by atoms with Gasteiger partial charge in [0.2, 0.25) is 10.0 Å². The van der Waals surface area contributed by atoms with Crippen LogP contribution in [0.5, 0.6) is 0 Å². The summed E-state index contributed by atoms with van der Waals surface area (Å²) in [6.45, 7) is 0.673. The van der Waals surface area contributed by atoms with Crippen molar-refractivity contribution in [1.29, 1.82) is 0 Å². The van der Waals surface area contributed by atoms with Gasteiger partial charge in [0.1, 0.15) is 5.82 Å². The number of β-amino-alcohol motifs (C(OH)–C–C–N with tert-alkyl or cyclic N) is 1. The summed E-state index contributed by atoms with van der Waals surface area (Å²) in [6, 6.07) is 5.72. The third-order valence-electron chi connectivity index (χ3n) is 5.09. The summed E-state index contributed by atoms with van der Waals surface area (Å²) in [6.07, 6.45) is 1.76. The Kier molecular flexibility index (Phi) is 4.39. The molecule has 0 aromatic heterocycles. The van der Waals surface area contributed by atoms with Crippen LogP contribution in [-0.4, -0.2) is 66.2 Å². The normalized spacial score (nSPS) is 28.5. The number of nitrogens with zero attached hydrogens (tertiary/aromatic N) is 2. The van der Waals surface area contributed by atoms with Crippen molar-refractivity contribution in [3.63, 3.8) is 0 Å². The number of piperidine rings is 1. The van der Waals surface area contributed by atoms with E-state index in [4.69, 9.17) is 0 Å². The maximum atomic E-state index is 13.8. The van der Waals surface area contributed by atoms with Gasteiger partial charge in [-0.3, -0.25) is 4.79 Å². The Balaban J connectivity index is 1.81. The molecule has 0 radical (unpaired) electrons. The molecule has 1 aromatic rings. The lowest BCUT2D eigenvalue weighted by Crippen LogP contribution is -2.63. The minimum Gasteiger partial charge on any atom is -0.389 e. The van der Waals surface area contributed by atoms with Gasteiger partial charge in [0, 0.05) is 19.6 Å². The number of hydrogen-bond donors (Lipinski definition) is 1. The molecule has 0 saturated carbocycles. The number of carbonyl (C=O) groups is 1. The SMILES string of the molecule is CS(=O)(=O)N1CCC[C@@]12CCN(C(=O)c1ccccc1F)C[C@@H]2O. The smallest absolute Gasteiger partial charge is 0.256 e. The van der Waals surface area contributed by atoms with Crippen molar-refractivity contribution in [2.45, 2.75) is 30.9 Å². The second-order valence-electron chi connectivity index (χ2n) is 6.54. The molecule has 0 bridgehead atoms. The van der Waals surface area contributed by atoms with Gasteiger partial charge >= 0.3 is 0 Å². The Bertz CT molecular complexity index is 754. The Hall–Kier alpha value is -1.51. The first-order valence-electron chi connectivity index (χ1n) is 7.95. The first kappa shape index (κ1) is 17.3. The summed E-state index contributed by atoms with van der Waals surface area (Å²) in [4.78, 5) is 13.9. The van der Waals surface area contributed by atoms with Gasteiger partial charge < -0.3 is 10.0 Å². The Morgan fingerprint density at radius 3 is 2.62 bits per heavy atom. The minimum absolute atomic E-state index is 0.000806. The lowest BCUT2D eigenvalue weighted by atomic mass is 9.83. The number of sulfonamides is 1. The van der Waals surface area contributed by atoms with Crippen LogP contribution < -0.4 is 0 Å². The predicted molar refractivity (Wildman–Crippen MR) is 86.4 cm³/mol. The largest absolute Gasteiger partial charge is 0.389 e. The van der Waals surface area contributed by atoms with Gasteiger partial charge in [0.25, 0.3) is 5.91 Å². The number of likely N-dealkylation sites (tertiary alicyclic amines) is 1. The second-order valence-corrected chi connectivity index (χ2v) is 8.45. The van der Waals surface area contributed by atoms with E-state index < -0.39 is 33.4 Å². The van der Waals surface area contributed by atoms with Gasteiger partial charge in [-0.2, -0.15) is 4.31 Å². The Morgan fingerprint density at radius 1 is 1.29 bits per heavy atom. The van der Waals surface area contributed by atoms with E-state index >= 15 is 0 Å². The highest BCUT2D eigenvalue weighted by atomic mass is 32.2. The molecule has 2 heterocycles. The average molecular weight is 356 g/mol. The molecule has 2 saturated heterocycles. The molecule has 2 fully saturated rings. The quantitative estimate of drug-likeness (QED) is 0.851. The van der Waals surface area contributed by atoms with Crippen LogP contribution in [0.2, 0.25) is 0 Å². The van der Waals surface area contributed by atoms with Crippen LogP contribution in [0.25, 0.3) is 0 Å². The predicted octanol–water partition coefficient (Wildman–Crippen LogP) is 0.827. The molecule has 8 heteroatoms. The molecule has 2 aliphatic rings. The van der Waals surface area contributed by atoms with Crippen molar-refractivity contribution in [3.8, 4) is 0 Å². The van der Waals surface area contributed by atoms with E-state index in [0.717, 1.165) is 6.26 Å². The van der Waals surface area contributed by atoms with Crippen molar-refractivity contribution < 1.29 is 22.7 Å². The number of carbonyl (C=O) groups excluding carboxylic acids is 1. The molecular formula is C16H21FN2O4S. The molecule has 2 aliphatic heterocycles. The zero-order valence-electron chi connectivity index (χ0n) is 13.5. The third-order valence-corrected chi connectivity index (χ3v) is 6.43. The zero-order valence-corrected chi connectivity index (χ0v) is 14.3. The number of aliphatic hydroxyl groups is 1. The molecule has 0 aliphatic carbocycles. The van der Waals surface area contributed by atoms with Crippen LogP contribution in [0.4, 0.5) is 4.39 Å². The summed E-state index contributed by atoms with van der Waals surface area (Å²) in [5.41, 5.74) is -0.883. The van der Waals surface area contributed by atoms with Crippen molar-refractivity contribution in [1.82, 2.24) is 9.21 Å². The van der Waals surface area contributed by atoms with E-state index in [9.17, 15) is 22.7 Å². The summed E-state index contributed by atoms with van der Waals surface area (Å²) in [5.74, 6) is -1.08. The summed E-state index contributed by atoms with van der Waals surface area (Å²) < 4.78 is 39.2. The average Bonchev–Trinajstić information content (AvgIpc) is 2.95. The lowest BCUT2D eigenvalue weighted by molar-refractivity contribution is -0.0293. The first-order chi connectivity index (χ1) is 11.3. The van der Waals surface area contributed by atoms with Gasteiger partial charge in [0.05, 0.1) is 23.5 Å². The fraction of sp³-hybridized carbons (Fsp3) is 0.562. The summed E-state index contributed by atoms with van der Waals surface area (Å²) in [5, 5.41) is 10.6. The molecule has 24 heavy (non-hydrogen) atoms. The Morgan fingerprint density at radius 2 is 2.00 bits per heavy atom. The van der Waals surface area contributed by atoms with E-state index in [1.807, 2.05) is 0 Å². The number of aliphatic hydroxyl groups excluding tert-OH is 1. The Labute approximate surface area is 140 Å². The summed E-state index contributed by atoms with van der Waals surface area (Å²) in [7, 11) is -3.43. The highest BCUT2D eigenvalue weighted by Gasteiger charge is 2.53.